The summed E-state index contributed by atoms with van der Waals surface area (Å²) in [5, 5.41) is 1.25. The number of aryl methyl sites for hydroxylation is 1. The maximum atomic E-state index is 12.0. The molecule has 2 aromatic carbocycles. The minimum atomic E-state index is -0.000569. The lowest BCUT2D eigenvalue weighted by Gasteiger charge is -2.27. The lowest BCUT2D eigenvalue weighted by atomic mass is 10.1. The topological polar surface area (TPSA) is 38.8 Å². The number of ether oxygens (including phenoxy) is 2. The lowest BCUT2D eigenvalue weighted by molar-refractivity contribution is -0.145. The Balaban J connectivity index is 1.22. The first-order chi connectivity index (χ1) is 14.6. The van der Waals surface area contributed by atoms with Crippen molar-refractivity contribution in [3.8, 4) is 5.75 Å². The maximum Gasteiger partial charge on any atom is 0.309 e. The quantitative estimate of drug-likeness (QED) is 0.565. The maximum absolute atomic E-state index is 12.0. The van der Waals surface area contributed by atoms with Crippen LogP contribution in [0.4, 0.5) is 0 Å². The van der Waals surface area contributed by atoms with Gasteiger partial charge in [-0.05, 0) is 67.0 Å². The van der Waals surface area contributed by atoms with E-state index in [-0.39, 0.29) is 11.9 Å². The van der Waals surface area contributed by atoms with Crippen LogP contribution in [-0.2, 0) is 22.6 Å². The van der Waals surface area contributed by atoms with Crippen molar-refractivity contribution in [3.05, 3.63) is 63.1 Å². The van der Waals surface area contributed by atoms with Crippen molar-refractivity contribution in [3.63, 3.8) is 0 Å². The summed E-state index contributed by atoms with van der Waals surface area (Å²) in [7, 11) is 0. The average molecular weight is 446 g/mol. The van der Waals surface area contributed by atoms with Crippen LogP contribution in [0.15, 0.2) is 36.4 Å². The van der Waals surface area contributed by atoms with Gasteiger partial charge in [-0.3, -0.25) is 9.69 Å². The zero-order valence-electron chi connectivity index (χ0n) is 16.9. The molecule has 1 aliphatic heterocycles. The van der Waals surface area contributed by atoms with Crippen LogP contribution in [0.5, 0.6) is 5.75 Å². The molecule has 2 fully saturated rings. The lowest BCUT2D eigenvalue weighted by Crippen LogP contribution is -2.30. The second-order valence-corrected chi connectivity index (χ2v) is 9.28. The number of esters is 1. The van der Waals surface area contributed by atoms with Crippen molar-refractivity contribution >= 4 is 29.2 Å². The molecule has 2 unspecified atom stereocenters. The fourth-order valence-corrected chi connectivity index (χ4v) is 5.77. The third-order valence-electron chi connectivity index (χ3n) is 6.83. The number of hydrogen-bond acceptors (Lipinski definition) is 4. The van der Waals surface area contributed by atoms with Gasteiger partial charge in [0.15, 0.2) is 0 Å². The highest BCUT2D eigenvalue weighted by atomic mass is 35.5. The summed E-state index contributed by atoms with van der Waals surface area (Å²) in [4.78, 5) is 14.6. The minimum Gasteiger partial charge on any atom is -0.489 e. The van der Waals surface area contributed by atoms with Gasteiger partial charge in [0.1, 0.15) is 12.4 Å². The number of fused-ring (bicyclic) bond motifs is 2. The summed E-state index contributed by atoms with van der Waals surface area (Å²) in [5.41, 5.74) is 3.56. The van der Waals surface area contributed by atoms with Gasteiger partial charge in [0.05, 0.1) is 12.5 Å². The van der Waals surface area contributed by atoms with Crippen molar-refractivity contribution in [1.29, 1.82) is 0 Å². The summed E-state index contributed by atoms with van der Waals surface area (Å²) in [6.45, 7) is 4.70. The fraction of sp³-hybridized carbons (Fsp3) is 0.458. The summed E-state index contributed by atoms with van der Waals surface area (Å²) in [6.07, 6.45) is 2.18. The SMILES string of the molecule is CCOC(=O)C1[C@H]2CN(C3CCc4cc(OCc5c(Cl)cccc5Cl)ccc43)C[C@@H]12. The van der Waals surface area contributed by atoms with E-state index in [1.165, 1.54) is 11.1 Å². The molecule has 0 radical (unpaired) electrons. The minimum absolute atomic E-state index is 0.000569. The summed E-state index contributed by atoms with van der Waals surface area (Å²) < 4.78 is 11.2. The highest BCUT2D eigenvalue weighted by Gasteiger charge is 2.61. The zero-order chi connectivity index (χ0) is 20.8. The van der Waals surface area contributed by atoms with E-state index in [2.05, 4.69) is 17.0 Å². The second kappa shape index (κ2) is 8.07. The van der Waals surface area contributed by atoms with Gasteiger partial charge in [-0.2, -0.15) is 0 Å². The first kappa shape index (κ1) is 20.2. The van der Waals surface area contributed by atoms with Crippen LogP contribution in [0, 0.1) is 17.8 Å². The molecule has 0 aromatic heterocycles. The largest absolute Gasteiger partial charge is 0.489 e. The summed E-state index contributed by atoms with van der Waals surface area (Å²) in [5.74, 6) is 1.94. The first-order valence-electron chi connectivity index (χ1n) is 10.7. The van der Waals surface area contributed by atoms with E-state index in [4.69, 9.17) is 32.7 Å². The van der Waals surface area contributed by atoms with E-state index < -0.39 is 0 Å². The Morgan fingerprint density at radius 3 is 2.57 bits per heavy atom. The molecule has 4 atom stereocenters. The van der Waals surface area contributed by atoms with Crippen molar-refractivity contribution in [2.24, 2.45) is 17.8 Å². The van der Waals surface area contributed by atoms with Crippen molar-refractivity contribution in [2.45, 2.75) is 32.4 Å². The monoisotopic (exact) mass is 445 g/mol. The van der Waals surface area contributed by atoms with E-state index in [0.29, 0.717) is 41.1 Å². The normalized spacial score (nSPS) is 26.9. The predicted molar refractivity (Wildman–Crippen MR) is 117 cm³/mol. The highest BCUT2D eigenvalue weighted by molar-refractivity contribution is 6.35. The van der Waals surface area contributed by atoms with Crippen molar-refractivity contribution < 1.29 is 14.3 Å². The molecule has 158 valence electrons. The van der Waals surface area contributed by atoms with Crippen LogP contribution in [0.2, 0.25) is 10.0 Å². The van der Waals surface area contributed by atoms with Gasteiger partial charge in [0.2, 0.25) is 0 Å². The van der Waals surface area contributed by atoms with Gasteiger partial charge in [0, 0.05) is 34.7 Å². The number of piperidine rings is 1. The van der Waals surface area contributed by atoms with E-state index in [0.717, 1.165) is 37.2 Å². The first-order valence-corrected chi connectivity index (χ1v) is 11.4. The molecule has 3 aliphatic rings. The van der Waals surface area contributed by atoms with Gasteiger partial charge in [0.25, 0.3) is 0 Å². The van der Waals surface area contributed by atoms with Crippen LogP contribution in [0.3, 0.4) is 0 Å². The standard InChI is InChI=1S/C24H25Cl2NO3/c1-2-29-24(28)23-17-11-27(12-18(17)23)22-9-6-14-10-15(7-8-16(14)22)30-13-19-20(25)4-3-5-21(19)26/h3-5,7-8,10,17-18,22-23H,2,6,9,11-13H2,1H3/t17-,18+,22?,23?. The molecule has 2 aliphatic carbocycles. The Bertz CT molecular complexity index is 947. The van der Waals surface area contributed by atoms with Gasteiger partial charge < -0.3 is 9.47 Å². The Morgan fingerprint density at radius 1 is 1.13 bits per heavy atom. The van der Waals surface area contributed by atoms with Gasteiger partial charge >= 0.3 is 5.97 Å². The predicted octanol–water partition coefficient (Wildman–Crippen LogP) is 5.30. The molecule has 6 heteroatoms. The zero-order valence-corrected chi connectivity index (χ0v) is 18.5. The number of carbonyl (C=O) groups is 1. The van der Waals surface area contributed by atoms with Gasteiger partial charge in [-0.15, -0.1) is 0 Å². The van der Waals surface area contributed by atoms with Crippen LogP contribution >= 0.6 is 23.2 Å². The number of nitrogens with zero attached hydrogens (tertiary/aromatic N) is 1. The van der Waals surface area contributed by atoms with Crippen molar-refractivity contribution in [1.82, 2.24) is 4.90 Å². The molecular weight excluding hydrogens is 421 g/mol. The molecule has 0 N–H and O–H groups in total. The number of likely N-dealkylation sites (tertiary alicyclic amines) is 1. The molecule has 1 saturated heterocycles. The Labute approximate surface area is 187 Å². The Morgan fingerprint density at radius 2 is 1.87 bits per heavy atom. The van der Waals surface area contributed by atoms with E-state index in [1.54, 1.807) is 0 Å². The molecule has 0 amide bonds. The molecule has 2 aromatic rings. The molecule has 4 nitrogen and oxygen atoms in total. The second-order valence-electron chi connectivity index (χ2n) is 8.46. The molecule has 1 saturated carbocycles. The highest BCUT2D eigenvalue weighted by Crippen LogP contribution is 2.55. The summed E-state index contributed by atoms with van der Waals surface area (Å²) >= 11 is 12.5. The smallest absolute Gasteiger partial charge is 0.309 e. The Hall–Kier alpha value is -1.75. The molecule has 30 heavy (non-hydrogen) atoms. The van der Waals surface area contributed by atoms with E-state index >= 15 is 0 Å². The van der Waals surface area contributed by atoms with Crippen LogP contribution < -0.4 is 4.74 Å². The fourth-order valence-electron chi connectivity index (χ4n) is 5.27. The van der Waals surface area contributed by atoms with Crippen LogP contribution in [0.1, 0.15) is 36.1 Å². The average Bonchev–Trinajstić information content (AvgIpc) is 3.05. The van der Waals surface area contributed by atoms with Crippen LogP contribution in [0.25, 0.3) is 0 Å². The molecule has 0 spiro atoms. The third-order valence-corrected chi connectivity index (χ3v) is 7.54. The molecule has 5 rings (SSSR count). The van der Waals surface area contributed by atoms with E-state index in [9.17, 15) is 4.79 Å². The summed E-state index contributed by atoms with van der Waals surface area (Å²) in [6, 6.07) is 12.3. The number of halogens is 2. The molecule has 0 bridgehead atoms. The van der Waals surface area contributed by atoms with E-state index in [1.807, 2.05) is 31.2 Å². The number of carbonyl (C=O) groups excluding carboxylic acids is 1. The van der Waals surface area contributed by atoms with Gasteiger partial charge in [-0.25, -0.2) is 0 Å². The molecule has 1 heterocycles. The van der Waals surface area contributed by atoms with Crippen LogP contribution in [-0.4, -0.2) is 30.6 Å². The third kappa shape index (κ3) is 3.59. The number of benzene rings is 2. The van der Waals surface area contributed by atoms with Gasteiger partial charge in [-0.1, -0.05) is 35.3 Å². The van der Waals surface area contributed by atoms with Crippen molar-refractivity contribution in [2.75, 3.05) is 19.7 Å². The molecular formula is C24H25Cl2NO3. The Kier molecular flexibility index (Phi) is 5.42. The number of hydrogen-bond donors (Lipinski definition) is 0. The number of rotatable bonds is 6.